The van der Waals surface area contributed by atoms with E-state index in [0.29, 0.717) is 6.54 Å². The summed E-state index contributed by atoms with van der Waals surface area (Å²) in [6.45, 7) is 0.678. The first-order chi connectivity index (χ1) is 12.8. The first-order valence-corrected chi connectivity index (χ1v) is 8.92. The Morgan fingerprint density at radius 2 is 1.92 bits per heavy atom. The van der Waals surface area contributed by atoms with E-state index in [0.717, 1.165) is 29.7 Å². The zero-order valence-corrected chi connectivity index (χ0v) is 14.4. The van der Waals surface area contributed by atoms with Crippen molar-refractivity contribution in [2.24, 2.45) is 0 Å². The number of hydrogen-bond acceptors (Lipinski definition) is 3. The van der Waals surface area contributed by atoms with Crippen molar-refractivity contribution in [1.29, 1.82) is 0 Å². The summed E-state index contributed by atoms with van der Waals surface area (Å²) in [6, 6.07) is 18.8. The molecule has 1 N–H and O–H groups in total. The van der Waals surface area contributed by atoms with E-state index in [1.54, 1.807) is 6.20 Å². The molecule has 0 radical (unpaired) electrons. The molecule has 4 heteroatoms. The largest absolute Gasteiger partial charge is 0.488 e. The first kappa shape index (κ1) is 16.7. The molecule has 132 valence electrons. The zero-order valence-electron chi connectivity index (χ0n) is 14.4. The summed E-state index contributed by atoms with van der Waals surface area (Å²) in [4.78, 5) is 4.17. The summed E-state index contributed by atoms with van der Waals surface area (Å²) < 4.78 is 19.7. The van der Waals surface area contributed by atoms with Crippen LogP contribution >= 0.6 is 0 Å². The topological polar surface area (TPSA) is 34.2 Å². The lowest BCUT2D eigenvalue weighted by Gasteiger charge is -2.33. The number of aryl methyl sites for hydroxylation is 1. The highest BCUT2D eigenvalue weighted by Crippen LogP contribution is 2.33. The number of aromatic nitrogens is 1. The van der Waals surface area contributed by atoms with Gasteiger partial charge in [-0.1, -0.05) is 36.4 Å². The Morgan fingerprint density at radius 3 is 2.73 bits per heavy atom. The Labute approximate surface area is 152 Å². The van der Waals surface area contributed by atoms with Crippen LogP contribution < -0.4 is 10.1 Å². The molecule has 1 aliphatic heterocycles. The van der Waals surface area contributed by atoms with Gasteiger partial charge in [0.25, 0.3) is 0 Å². The number of nitrogens with zero attached hydrogens (tertiary/aromatic N) is 1. The second-order valence-corrected chi connectivity index (χ2v) is 6.57. The van der Waals surface area contributed by atoms with E-state index in [4.69, 9.17) is 4.74 Å². The highest BCUT2D eigenvalue weighted by atomic mass is 19.1. The van der Waals surface area contributed by atoms with Crippen LogP contribution in [-0.2, 0) is 13.0 Å². The molecule has 3 aromatic rings. The van der Waals surface area contributed by atoms with E-state index in [9.17, 15) is 4.39 Å². The lowest BCUT2D eigenvalue weighted by Crippen LogP contribution is -2.37. The van der Waals surface area contributed by atoms with Crippen molar-refractivity contribution in [1.82, 2.24) is 10.3 Å². The molecule has 26 heavy (non-hydrogen) atoms. The van der Waals surface area contributed by atoms with Gasteiger partial charge in [-0.25, -0.2) is 4.39 Å². The fourth-order valence-corrected chi connectivity index (χ4v) is 3.44. The maximum atomic E-state index is 13.4. The standard InChI is InChI=1S/C22H21FN2O/c23-19-10-7-18(8-11-19)22(25-15-16-4-3-13-24-14-16)21-12-9-17-5-1-2-6-20(17)26-21/h1-8,10-11,13-14,21-22,25H,9,12,15H2/t21-,22?/m1/s1. The number of rotatable bonds is 5. The Morgan fingerprint density at radius 1 is 1.08 bits per heavy atom. The minimum atomic E-state index is -0.227. The third-order valence-corrected chi connectivity index (χ3v) is 4.80. The number of ether oxygens (including phenoxy) is 1. The van der Waals surface area contributed by atoms with Gasteiger partial charge in [-0.15, -0.1) is 0 Å². The molecule has 2 atom stereocenters. The van der Waals surface area contributed by atoms with Crippen molar-refractivity contribution >= 4 is 0 Å². The van der Waals surface area contributed by atoms with Crippen molar-refractivity contribution in [3.8, 4) is 5.75 Å². The minimum absolute atomic E-state index is 0.00738. The monoisotopic (exact) mass is 348 g/mol. The fraction of sp³-hybridized carbons (Fsp3) is 0.227. The quantitative estimate of drug-likeness (QED) is 0.740. The maximum Gasteiger partial charge on any atom is 0.123 e. The van der Waals surface area contributed by atoms with Crippen LogP contribution in [0.3, 0.4) is 0 Å². The van der Waals surface area contributed by atoms with Crippen LogP contribution in [0.4, 0.5) is 4.39 Å². The lowest BCUT2D eigenvalue weighted by atomic mass is 9.93. The van der Waals surface area contributed by atoms with E-state index in [-0.39, 0.29) is 18.0 Å². The van der Waals surface area contributed by atoms with Crippen LogP contribution in [0, 0.1) is 5.82 Å². The normalized spacial score (nSPS) is 17.2. The van der Waals surface area contributed by atoms with Gasteiger partial charge in [0.05, 0.1) is 6.04 Å². The molecule has 0 spiro atoms. The predicted octanol–water partition coefficient (Wildman–Crippen LogP) is 4.45. The molecule has 0 saturated carbocycles. The molecular weight excluding hydrogens is 327 g/mol. The Bertz CT molecular complexity index is 852. The van der Waals surface area contributed by atoms with Crippen molar-refractivity contribution in [3.05, 3.63) is 95.6 Å². The SMILES string of the molecule is Fc1ccc(C(NCc2cccnc2)[C@H]2CCc3ccccc3O2)cc1. The predicted molar refractivity (Wildman–Crippen MR) is 99.4 cm³/mol. The summed E-state index contributed by atoms with van der Waals surface area (Å²) >= 11 is 0. The molecule has 2 heterocycles. The fourth-order valence-electron chi connectivity index (χ4n) is 3.44. The van der Waals surface area contributed by atoms with Crippen LogP contribution in [0.1, 0.15) is 29.2 Å². The van der Waals surface area contributed by atoms with Crippen LogP contribution in [0.2, 0.25) is 0 Å². The molecular formula is C22H21FN2O. The third-order valence-electron chi connectivity index (χ3n) is 4.80. The molecule has 2 aromatic carbocycles. The second kappa shape index (κ2) is 7.67. The highest BCUT2D eigenvalue weighted by Gasteiger charge is 2.28. The van der Waals surface area contributed by atoms with Crippen LogP contribution in [0.25, 0.3) is 0 Å². The molecule has 0 saturated heterocycles. The van der Waals surface area contributed by atoms with Crippen LogP contribution in [-0.4, -0.2) is 11.1 Å². The number of halogens is 1. The van der Waals surface area contributed by atoms with Crippen LogP contribution in [0.5, 0.6) is 5.75 Å². The number of nitrogens with one attached hydrogen (secondary N) is 1. The number of para-hydroxylation sites is 1. The minimum Gasteiger partial charge on any atom is -0.488 e. The molecule has 0 aliphatic carbocycles. The number of pyridine rings is 1. The number of benzene rings is 2. The molecule has 1 aliphatic rings. The Hall–Kier alpha value is -2.72. The Balaban J connectivity index is 1.57. The first-order valence-electron chi connectivity index (χ1n) is 8.92. The van der Waals surface area contributed by atoms with E-state index in [1.807, 2.05) is 48.7 Å². The molecule has 1 aromatic heterocycles. The average Bonchev–Trinajstić information content (AvgIpc) is 2.70. The summed E-state index contributed by atoms with van der Waals surface area (Å²) in [6.07, 6.45) is 5.51. The average molecular weight is 348 g/mol. The van der Waals surface area contributed by atoms with Crippen molar-refractivity contribution < 1.29 is 9.13 Å². The van der Waals surface area contributed by atoms with Gasteiger partial charge in [0, 0.05) is 18.9 Å². The van der Waals surface area contributed by atoms with Crippen molar-refractivity contribution in [2.45, 2.75) is 31.5 Å². The van der Waals surface area contributed by atoms with E-state index in [1.165, 1.54) is 17.7 Å². The maximum absolute atomic E-state index is 13.4. The highest BCUT2D eigenvalue weighted by molar-refractivity contribution is 5.36. The van der Waals surface area contributed by atoms with Crippen molar-refractivity contribution in [2.75, 3.05) is 0 Å². The summed E-state index contributed by atoms with van der Waals surface area (Å²) in [7, 11) is 0. The van der Waals surface area contributed by atoms with Gasteiger partial charge in [-0.2, -0.15) is 0 Å². The number of fused-ring (bicyclic) bond motifs is 1. The van der Waals surface area contributed by atoms with Gasteiger partial charge < -0.3 is 10.1 Å². The summed E-state index contributed by atoms with van der Waals surface area (Å²) in [5.41, 5.74) is 3.38. The van der Waals surface area contributed by atoms with Gasteiger partial charge in [-0.3, -0.25) is 4.98 Å². The van der Waals surface area contributed by atoms with Gasteiger partial charge in [0.1, 0.15) is 17.7 Å². The zero-order chi connectivity index (χ0) is 17.8. The molecule has 0 amide bonds. The van der Waals surface area contributed by atoms with Gasteiger partial charge in [0.15, 0.2) is 0 Å². The molecule has 1 unspecified atom stereocenters. The third kappa shape index (κ3) is 3.75. The van der Waals surface area contributed by atoms with Crippen LogP contribution in [0.15, 0.2) is 73.1 Å². The molecule has 4 rings (SSSR count). The summed E-state index contributed by atoms with van der Waals surface area (Å²) in [5, 5.41) is 3.58. The van der Waals surface area contributed by atoms with Gasteiger partial charge in [-0.05, 0) is 53.8 Å². The Kier molecular flexibility index (Phi) is 4.93. The lowest BCUT2D eigenvalue weighted by molar-refractivity contribution is 0.128. The smallest absolute Gasteiger partial charge is 0.123 e. The van der Waals surface area contributed by atoms with E-state index in [2.05, 4.69) is 16.4 Å². The second-order valence-electron chi connectivity index (χ2n) is 6.57. The molecule has 3 nitrogen and oxygen atoms in total. The van der Waals surface area contributed by atoms with E-state index < -0.39 is 0 Å². The van der Waals surface area contributed by atoms with E-state index >= 15 is 0 Å². The van der Waals surface area contributed by atoms with Gasteiger partial charge in [0.2, 0.25) is 0 Å². The van der Waals surface area contributed by atoms with Crippen molar-refractivity contribution in [3.63, 3.8) is 0 Å². The summed E-state index contributed by atoms with van der Waals surface area (Å²) in [5.74, 6) is 0.716. The van der Waals surface area contributed by atoms with Gasteiger partial charge >= 0.3 is 0 Å². The molecule has 0 bridgehead atoms. The number of hydrogen-bond donors (Lipinski definition) is 1. The molecule has 0 fully saturated rings.